The highest BCUT2D eigenvalue weighted by atomic mass is 79.9. The molecule has 0 saturated carbocycles. The average molecular weight is 445 g/mol. The van der Waals surface area contributed by atoms with Crippen LogP contribution in [-0.4, -0.2) is 28.2 Å². The molecule has 0 aliphatic heterocycles. The first kappa shape index (κ1) is 19.9. The normalized spacial score (nSPS) is 10.8. The van der Waals surface area contributed by atoms with E-state index in [1.807, 2.05) is 26.0 Å². The molecule has 0 fully saturated rings. The van der Waals surface area contributed by atoms with Crippen LogP contribution in [0.15, 0.2) is 47.2 Å². The van der Waals surface area contributed by atoms with Gasteiger partial charge in [0.15, 0.2) is 17.2 Å². The molecule has 1 aromatic carbocycles. The number of hydrogen-bond acceptors (Lipinski definition) is 5. The van der Waals surface area contributed by atoms with Gasteiger partial charge in [-0.3, -0.25) is 14.9 Å². The number of nitrogens with zero attached hydrogens (tertiary/aromatic N) is 2. The van der Waals surface area contributed by atoms with Crippen LogP contribution in [0.3, 0.4) is 0 Å². The molecule has 3 rings (SSSR count). The number of H-pyrrole nitrogens is 1. The minimum atomic E-state index is -0.321. The summed E-state index contributed by atoms with van der Waals surface area (Å²) in [5.74, 6) is 0.994. The number of amides is 1. The zero-order valence-corrected chi connectivity index (χ0v) is 17.4. The smallest absolute Gasteiger partial charge is 0.277 e. The fourth-order valence-corrected chi connectivity index (χ4v) is 3.39. The van der Waals surface area contributed by atoms with Crippen molar-refractivity contribution in [3.8, 4) is 11.5 Å². The van der Waals surface area contributed by atoms with Gasteiger partial charge in [0.05, 0.1) is 17.3 Å². The van der Waals surface area contributed by atoms with Gasteiger partial charge in [0.25, 0.3) is 5.91 Å². The molecule has 0 spiro atoms. The molecule has 0 bridgehead atoms. The van der Waals surface area contributed by atoms with Crippen molar-refractivity contribution in [3.63, 3.8) is 0 Å². The third-order valence-electron chi connectivity index (χ3n) is 4.06. The van der Waals surface area contributed by atoms with E-state index in [2.05, 4.69) is 36.4 Å². The maximum Gasteiger partial charge on any atom is 0.277 e. The summed E-state index contributed by atoms with van der Waals surface area (Å²) in [7, 11) is 1.57. The zero-order chi connectivity index (χ0) is 20.1. The fourth-order valence-electron chi connectivity index (χ4n) is 2.58. The summed E-state index contributed by atoms with van der Waals surface area (Å²) in [6.45, 7) is 4.38. The third kappa shape index (κ3) is 4.51. The van der Waals surface area contributed by atoms with Crippen LogP contribution in [0, 0.1) is 0 Å². The van der Waals surface area contributed by atoms with E-state index in [0.29, 0.717) is 34.0 Å². The van der Waals surface area contributed by atoms with E-state index in [-0.39, 0.29) is 11.8 Å². The highest BCUT2D eigenvalue weighted by Crippen LogP contribution is 2.32. The second kappa shape index (κ2) is 8.88. The minimum absolute atomic E-state index is 0.219. The molecule has 0 aliphatic rings. The van der Waals surface area contributed by atoms with Gasteiger partial charge in [-0.2, -0.15) is 5.10 Å². The van der Waals surface area contributed by atoms with Crippen LogP contribution in [0.4, 0.5) is 5.69 Å². The predicted molar refractivity (Wildman–Crippen MR) is 110 cm³/mol. The molecular weight excluding hydrogens is 424 g/mol. The van der Waals surface area contributed by atoms with Crippen molar-refractivity contribution in [2.24, 2.45) is 0 Å². The summed E-state index contributed by atoms with van der Waals surface area (Å²) in [4.78, 5) is 16.7. The molecular formula is C20H21BrN4O3. The van der Waals surface area contributed by atoms with Gasteiger partial charge in [-0.25, -0.2) is 0 Å². The lowest BCUT2D eigenvalue weighted by atomic mass is 10.1. The van der Waals surface area contributed by atoms with E-state index in [4.69, 9.17) is 9.47 Å². The van der Waals surface area contributed by atoms with Gasteiger partial charge < -0.3 is 14.8 Å². The third-order valence-corrected chi connectivity index (χ3v) is 4.87. The van der Waals surface area contributed by atoms with Crippen LogP contribution in [0.2, 0.25) is 0 Å². The van der Waals surface area contributed by atoms with Crippen molar-refractivity contribution in [2.45, 2.75) is 26.4 Å². The van der Waals surface area contributed by atoms with Crippen molar-refractivity contribution in [3.05, 3.63) is 64.1 Å². The van der Waals surface area contributed by atoms with Crippen LogP contribution in [-0.2, 0) is 6.61 Å². The Labute approximate surface area is 171 Å². The summed E-state index contributed by atoms with van der Waals surface area (Å²) in [5, 5.41) is 9.86. The number of carbonyl (C=O) groups excluding carboxylic acids is 1. The average Bonchev–Trinajstić information content (AvgIpc) is 3.09. The summed E-state index contributed by atoms with van der Waals surface area (Å²) in [6, 6.07) is 8.98. The number of methoxy groups -OCH3 is 1. The predicted octanol–water partition coefficient (Wildman–Crippen LogP) is 4.53. The molecule has 146 valence electrons. The second-order valence-corrected chi connectivity index (χ2v) is 7.22. The lowest BCUT2D eigenvalue weighted by molar-refractivity contribution is 0.102. The Kier molecular flexibility index (Phi) is 6.30. The Balaban J connectivity index is 1.76. The van der Waals surface area contributed by atoms with E-state index >= 15 is 0 Å². The van der Waals surface area contributed by atoms with Crippen LogP contribution >= 0.6 is 15.9 Å². The molecule has 2 heterocycles. The molecule has 0 aliphatic carbocycles. The van der Waals surface area contributed by atoms with E-state index in [9.17, 15) is 4.79 Å². The molecule has 1 amide bonds. The minimum Gasteiger partial charge on any atom is -0.493 e. The van der Waals surface area contributed by atoms with Crippen molar-refractivity contribution in [2.75, 3.05) is 12.4 Å². The number of nitrogens with one attached hydrogen (secondary N) is 2. The van der Waals surface area contributed by atoms with Crippen molar-refractivity contribution >= 4 is 27.5 Å². The Morgan fingerprint density at radius 1 is 1.29 bits per heavy atom. The topological polar surface area (TPSA) is 89.1 Å². The molecule has 7 nitrogen and oxygen atoms in total. The SMILES string of the molecule is COc1ccc(NC(=O)c2n[nH]c(C(C)C)c2Br)cc1OCc1cccnc1. The summed E-state index contributed by atoms with van der Waals surface area (Å²) in [5.41, 5.74) is 2.69. The molecule has 8 heteroatoms. The van der Waals surface area contributed by atoms with Crippen LogP contribution in [0.5, 0.6) is 11.5 Å². The number of aromatic nitrogens is 3. The lowest BCUT2D eigenvalue weighted by Gasteiger charge is -2.13. The first-order chi connectivity index (χ1) is 13.5. The standard InChI is InChI=1S/C20H21BrN4O3/c1-12(2)18-17(21)19(25-24-18)20(26)23-14-6-7-15(27-3)16(9-14)28-11-13-5-4-8-22-10-13/h4-10,12H,11H2,1-3H3,(H,23,26)(H,24,25). The summed E-state index contributed by atoms with van der Waals surface area (Å²) >= 11 is 3.45. The number of hydrogen-bond donors (Lipinski definition) is 2. The van der Waals surface area contributed by atoms with Gasteiger partial charge in [0.1, 0.15) is 6.61 Å². The fraction of sp³-hybridized carbons (Fsp3) is 0.250. The number of rotatable bonds is 7. The quantitative estimate of drug-likeness (QED) is 0.558. The highest BCUT2D eigenvalue weighted by molar-refractivity contribution is 9.10. The Morgan fingerprint density at radius 2 is 2.11 bits per heavy atom. The Bertz CT molecular complexity index is 957. The molecule has 0 unspecified atom stereocenters. The maximum atomic E-state index is 12.6. The van der Waals surface area contributed by atoms with E-state index < -0.39 is 0 Å². The van der Waals surface area contributed by atoms with Gasteiger partial charge in [0.2, 0.25) is 0 Å². The van der Waals surface area contributed by atoms with Gasteiger partial charge in [-0.1, -0.05) is 19.9 Å². The molecule has 0 radical (unpaired) electrons. The van der Waals surface area contributed by atoms with Crippen LogP contribution in [0.25, 0.3) is 0 Å². The number of halogens is 1. The number of carbonyl (C=O) groups is 1. The maximum absolute atomic E-state index is 12.6. The van der Waals surface area contributed by atoms with Crippen molar-refractivity contribution < 1.29 is 14.3 Å². The van der Waals surface area contributed by atoms with Gasteiger partial charge >= 0.3 is 0 Å². The number of ether oxygens (including phenoxy) is 2. The summed E-state index contributed by atoms with van der Waals surface area (Å²) < 4.78 is 11.9. The molecule has 28 heavy (non-hydrogen) atoms. The lowest BCUT2D eigenvalue weighted by Crippen LogP contribution is -2.13. The monoisotopic (exact) mass is 444 g/mol. The van der Waals surface area contributed by atoms with Crippen LogP contribution in [0.1, 0.15) is 41.5 Å². The largest absolute Gasteiger partial charge is 0.493 e. The number of anilines is 1. The Hall–Kier alpha value is -2.87. The molecule has 0 atom stereocenters. The van der Waals surface area contributed by atoms with Crippen molar-refractivity contribution in [1.29, 1.82) is 0 Å². The van der Waals surface area contributed by atoms with Crippen molar-refractivity contribution in [1.82, 2.24) is 15.2 Å². The highest BCUT2D eigenvalue weighted by Gasteiger charge is 2.20. The van der Waals surface area contributed by atoms with Gasteiger partial charge in [-0.05, 0) is 40.0 Å². The zero-order valence-electron chi connectivity index (χ0n) is 15.8. The van der Waals surface area contributed by atoms with E-state index in [1.54, 1.807) is 37.7 Å². The van der Waals surface area contributed by atoms with Gasteiger partial charge in [-0.15, -0.1) is 0 Å². The second-order valence-electron chi connectivity index (χ2n) is 6.42. The van der Waals surface area contributed by atoms with E-state index in [0.717, 1.165) is 11.3 Å². The van der Waals surface area contributed by atoms with Crippen LogP contribution < -0.4 is 14.8 Å². The summed E-state index contributed by atoms with van der Waals surface area (Å²) in [6.07, 6.45) is 3.44. The number of aromatic amines is 1. The first-order valence-corrected chi connectivity index (χ1v) is 9.53. The molecule has 3 aromatic rings. The first-order valence-electron chi connectivity index (χ1n) is 8.74. The number of benzene rings is 1. The molecule has 2 aromatic heterocycles. The molecule has 0 saturated heterocycles. The Morgan fingerprint density at radius 3 is 2.75 bits per heavy atom. The van der Waals surface area contributed by atoms with Gasteiger partial charge in [0, 0.05) is 29.7 Å². The molecule has 2 N–H and O–H groups in total. The number of pyridine rings is 1. The van der Waals surface area contributed by atoms with E-state index in [1.165, 1.54) is 0 Å².